The SMILES string of the molecule is FC1(F)c2cc3ccccc3[c-]c2-c2nccc3c2c1cc1c2ccccc2ccc31.[Ir]. The third kappa shape index (κ3) is 2.42. The van der Waals surface area contributed by atoms with Gasteiger partial charge in [0.2, 0.25) is 0 Å². The summed E-state index contributed by atoms with van der Waals surface area (Å²) in [5, 5.41) is 6.70. The summed E-state index contributed by atoms with van der Waals surface area (Å²) >= 11 is 0. The predicted molar refractivity (Wildman–Crippen MR) is 122 cm³/mol. The molecule has 32 heavy (non-hydrogen) atoms. The summed E-state index contributed by atoms with van der Waals surface area (Å²) in [6.45, 7) is 0. The molecule has 0 unspecified atom stereocenters. The Balaban J connectivity index is 0.00000196. The van der Waals surface area contributed by atoms with Crippen molar-refractivity contribution in [2.45, 2.75) is 5.92 Å². The normalized spacial score (nSPS) is 13.9. The number of hydrogen-bond donors (Lipinski definition) is 0. The minimum absolute atomic E-state index is 0. The van der Waals surface area contributed by atoms with Gasteiger partial charge in [0.15, 0.2) is 0 Å². The Morgan fingerprint density at radius 1 is 0.688 bits per heavy atom. The molecule has 7 rings (SSSR count). The Bertz CT molecular complexity index is 1720. The number of pyridine rings is 1. The molecule has 1 aliphatic carbocycles. The summed E-state index contributed by atoms with van der Waals surface area (Å²) in [4.78, 5) is 4.56. The molecule has 1 radical (unpaired) electrons. The van der Waals surface area contributed by atoms with Crippen molar-refractivity contribution in [3.63, 3.8) is 0 Å². The van der Waals surface area contributed by atoms with E-state index in [1.54, 1.807) is 18.3 Å². The molecule has 0 amide bonds. The van der Waals surface area contributed by atoms with E-state index in [2.05, 4.69) is 11.1 Å². The van der Waals surface area contributed by atoms with Crippen LogP contribution in [0.15, 0.2) is 85.1 Å². The molecule has 0 saturated heterocycles. The van der Waals surface area contributed by atoms with Gasteiger partial charge < -0.3 is 0 Å². The molecule has 0 spiro atoms. The second kappa shape index (κ2) is 6.65. The van der Waals surface area contributed by atoms with E-state index in [-0.39, 0.29) is 31.2 Å². The average Bonchev–Trinajstić information content (AvgIpc) is 2.81. The van der Waals surface area contributed by atoms with E-state index in [0.717, 1.165) is 37.7 Å². The molecule has 1 aliphatic rings. The van der Waals surface area contributed by atoms with E-state index >= 15 is 8.78 Å². The standard InChI is InChI=1S/C28H14F2N.Ir/c29-28(30)24-14-18-7-2-1-6-17(18)13-23(24)27-26-21(11-12-31-27)20-10-9-16-5-3-4-8-19(16)22(20)15-25(26)28;/h1-12,14-15H;/q-1;. The molecule has 0 saturated carbocycles. The number of nitrogens with zero attached hydrogens (tertiary/aromatic N) is 1. The van der Waals surface area contributed by atoms with Gasteiger partial charge in [-0.1, -0.05) is 65.5 Å². The fourth-order valence-electron chi connectivity index (χ4n) is 5.04. The van der Waals surface area contributed by atoms with Crippen molar-refractivity contribution in [1.82, 2.24) is 4.98 Å². The number of halogens is 2. The zero-order chi connectivity index (χ0) is 20.7. The first-order chi connectivity index (χ1) is 15.1. The van der Waals surface area contributed by atoms with E-state index < -0.39 is 5.92 Å². The number of fused-ring (bicyclic) bond motifs is 7. The predicted octanol–water partition coefficient (Wildman–Crippen LogP) is 7.61. The fourth-order valence-corrected chi connectivity index (χ4v) is 5.04. The molecular formula is C28H14F2IrN-. The number of alkyl halides is 2. The maximum atomic E-state index is 16.1. The maximum Gasteiger partial charge on any atom is 0.273 e. The Hall–Kier alpha value is -3.20. The van der Waals surface area contributed by atoms with E-state index in [1.165, 1.54) is 0 Å². The van der Waals surface area contributed by atoms with Gasteiger partial charge in [-0.3, -0.25) is 4.98 Å². The van der Waals surface area contributed by atoms with Gasteiger partial charge in [-0.2, -0.15) is 0 Å². The molecule has 155 valence electrons. The van der Waals surface area contributed by atoms with Gasteiger partial charge in [0.1, 0.15) is 0 Å². The van der Waals surface area contributed by atoms with Crippen LogP contribution >= 0.6 is 0 Å². The number of aromatic nitrogens is 1. The zero-order valence-electron chi connectivity index (χ0n) is 16.6. The van der Waals surface area contributed by atoms with E-state index in [0.29, 0.717) is 16.6 Å². The van der Waals surface area contributed by atoms with Crippen molar-refractivity contribution < 1.29 is 28.9 Å². The fraction of sp³-hybridized carbons (Fsp3) is 0.0357. The minimum Gasteiger partial charge on any atom is -0.294 e. The molecule has 0 atom stereocenters. The van der Waals surface area contributed by atoms with Crippen LogP contribution in [-0.4, -0.2) is 4.98 Å². The van der Waals surface area contributed by atoms with Crippen LogP contribution in [0.1, 0.15) is 11.1 Å². The summed E-state index contributed by atoms with van der Waals surface area (Å²) < 4.78 is 32.1. The van der Waals surface area contributed by atoms with Crippen LogP contribution in [0.5, 0.6) is 0 Å². The Kier molecular flexibility index (Phi) is 4.05. The first kappa shape index (κ1) is 19.5. The van der Waals surface area contributed by atoms with Crippen molar-refractivity contribution in [1.29, 1.82) is 0 Å². The largest absolute Gasteiger partial charge is 0.294 e. The second-order valence-corrected chi connectivity index (χ2v) is 8.11. The zero-order valence-corrected chi connectivity index (χ0v) is 19.0. The van der Waals surface area contributed by atoms with E-state index in [4.69, 9.17) is 0 Å². The molecule has 1 heterocycles. The molecule has 0 bridgehead atoms. The number of benzene rings is 5. The quantitative estimate of drug-likeness (QED) is 0.130. The molecule has 1 nitrogen and oxygen atoms in total. The Labute approximate surface area is 196 Å². The molecule has 1 aromatic heterocycles. The van der Waals surface area contributed by atoms with Crippen LogP contribution in [0.4, 0.5) is 8.78 Å². The van der Waals surface area contributed by atoms with Crippen LogP contribution in [0.25, 0.3) is 54.3 Å². The molecule has 0 aliphatic heterocycles. The van der Waals surface area contributed by atoms with Gasteiger partial charge in [0.25, 0.3) is 5.92 Å². The van der Waals surface area contributed by atoms with Crippen molar-refractivity contribution in [2.24, 2.45) is 0 Å². The van der Waals surface area contributed by atoms with Gasteiger partial charge in [-0.05, 0) is 50.0 Å². The second-order valence-electron chi connectivity index (χ2n) is 8.11. The van der Waals surface area contributed by atoms with Gasteiger partial charge in [-0.25, -0.2) is 8.78 Å². The van der Waals surface area contributed by atoms with Crippen molar-refractivity contribution in [3.05, 3.63) is 102 Å². The first-order valence-electron chi connectivity index (χ1n) is 10.2. The Morgan fingerprint density at radius 3 is 2.34 bits per heavy atom. The Morgan fingerprint density at radius 2 is 1.47 bits per heavy atom. The monoisotopic (exact) mass is 595 g/mol. The topological polar surface area (TPSA) is 12.9 Å². The van der Waals surface area contributed by atoms with Crippen molar-refractivity contribution in [2.75, 3.05) is 0 Å². The third-order valence-corrected chi connectivity index (χ3v) is 6.47. The van der Waals surface area contributed by atoms with Crippen LogP contribution in [0.2, 0.25) is 0 Å². The smallest absolute Gasteiger partial charge is 0.273 e. The summed E-state index contributed by atoms with van der Waals surface area (Å²) in [6, 6.07) is 27.8. The van der Waals surface area contributed by atoms with Crippen LogP contribution < -0.4 is 0 Å². The summed E-state index contributed by atoms with van der Waals surface area (Å²) in [5.74, 6) is -3.14. The first-order valence-corrected chi connectivity index (χ1v) is 10.2. The van der Waals surface area contributed by atoms with Crippen LogP contribution in [-0.2, 0) is 26.0 Å². The maximum absolute atomic E-state index is 16.1. The van der Waals surface area contributed by atoms with Crippen LogP contribution in [0.3, 0.4) is 0 Å². The van der Waals surface area contributed by atoms with Gasteiger partial charge in [-0.15, -0.1) is 23.6 Å². The number of rotatable bonds is 0. The molecule has 5 aromatic carbocycles. The molecule has 0 N–H and O–H groups in total. The summed E-state index contributed by atoms with van der Waals surface area (Å²) in [6.07, 6.45) is 1.71. The summed E-state index contributed by atoms with van der Waals surface area (Å²) in [5.41, 5.74) is 0.958. The van der Waals surface area contributed by atoms with Gasteiger partial charge >= 0.3 is 0 Å². The molecule has 4 heteroatoms. The van der Waals surface area contributed by atoms with Gasteiger partial charge in [0, 0.05) is 37.6 Å². The van der Waals surface area contributed by atoms with E-state index in [9.17, 15) is 0 Å². The van der Waals surface area contributed by atoms with Crippen molar-refractivity contribution in [3.8, 4) is 11.3 Å². The summed E-state index contributed by atoms with van der Waals surface area (Å²) in [7, 11) is 0. The molecule has 0 fully saturated rings. The molecular weight excluding hydrogens is 581 g/mol. The number of hydrogen-bond acceptors (Lipinski definition) is 1. The van der Waals surface area contributed by atoms with Crippen LogP contribution in [0, 0.1) is 6.07 Å². The average molecular weight is 595 g/mol. The minimum atomic E-state index is -3.14. The van der Waals surface area contributed by atoms with Crippen molar-refractivity contribution >= 4 is 43.1 Å². The molecule has 6 aromatic rings. The third-order valence-electron chi connectivity index (χ3n) is 6.47. The van der Waals surface area contributed by atoms with E-state index in [1.807, 2.05) is 66.7 Å². The van der Waals surface area contributed by atoms with Gasteiger partial charge in [0.05, 0.1) is 0 Å².